The summed E-state index contributed by atoms with van der Waals surface area (Å²) in [6.07, 6.45) is 2.00. The van der Waals surface area contributed by atoms with Crippen molar-refractivity contribution < 1.29 is 4.79 Å². The molecule has 0 aromatic rings. The van der Waals surface area contributed by atoms with E-state index in [1.807, 2.05) is 0 Å². The highest BCUT2D eigenvalue weighted by Crippen LogP contribution is 2.34. The van der Waals surface area contributed by atoms with Crippen LogP contribution in [0.4, 0.5) is 0 Å². The average Bonchev–Trinajstić information content (AvgIpc) is 2.89. The van der Waals surface area contributed by atoms with Crippen LogP contribution in [0, 0.1) is 11.3 Å². The third-order valence-electron chi connectivity index (χ3n) is 4.58. The van der Waals surface area contributed by atoms with Gasteiger partial charge >= 0.3 is 0 Å². The fourth-order valence-corrected chi connectivity index (χ4v) is 2.88. The van der Waals surface area contributed by atoms with Gasteiger partial charge in [-0.3, -0.25) is 4.79 Å². The van der Waals surface area contributed by atoms with E-state index in [1.165, 1.54) is 0 Å². The van der Waals surface area contributed by atoms with E-state index in [4.69, 9.17) is 0 Å². The number of amides is 1. The zero-order valence-corrected chi connectivity index (χ0v) is 13.1. The van der Waals surface area contributed by atoms with Crippen LogP contribution >= 0.6 is 0 Å². The molecule has 1 rings (SSSR count). The molecule has 0 aromatic heterocycles. The molecule has 1 aliphatic heterocycles. The van der Waals surface area contributed by atoms with Gasteiger partial charge in [-0.15, -0.1) is 0 Å². The van der Waals surface area contributed by atoms with Crippen LogP contribution in [0.1, 0.15) is 40.5 Å². The minimum atomic E-state index is -0.185. The van der Waals surface area contributed by atoms with Crippen molar-refractivity contribution in [3.63, 3.8) is 0 Å². The smallest absolute Gasteiger partial charge is 0.227 e. The first-order valence-corrected chi connectivity index (χ1v) is 7.78. The summed E-state index contributed by atoms with van der Waals surface area (Å²) < 4.78 is 0. The van der Waals surface area contributed by atoms with Gasteiger partial charge in [-0.05, 0) is 44.9 Å². The van der Waals surface area contributed by atoms with E-state index in [9.17, 15) is 4.79 Å². The second-order valence-electron chi connectivity index (χ2n) is 5.87. The molecule has 112 valence electrons. The number of carbonyl (C=O) groups is 1. The van der Waals surface area contributed by atoms with Crippen LogP contribution < -0.4 is 10.6 Å². The van der Waals surface area contributed by atoms with Crippen LogP contribution in [-0.2, 0) is 4.79 Å². The number of carbonyl (C=O) groups excluding carboxylic acids is 1. The van der Waals surface area contributed by atoms with Gasteiger partial charge < -0.3 is 15.5 Å². The Balaban J connectivity index is 2.34. The Morgan fingerprint density at radius 3 is 2.53 bits per heavy atom. The molecule has 0 aromatic carbocycles. The van der Waals surface area contributed by atoms with Crippen LogP contribution in [0.25, 0.3) is 0 Å². The predicted molar refractivity (Wildman–Crippen MR) is 80.2 cm³/mol. The molecule has 1 fully saturated rings. The number of nitrogens with one attached hydrogen (secondary N) is 2. The fraction of sp³-hybridized carbons (Fsp3) is 0.933. The summed E-state index contributed by atoms with van der Waals surface area (Å²) >= 11 is 0. The van der Waals surface area contributed by atoms with Gasteiger partial charge in [-0.2, -0.15) is 0 Å². The zero-order chi connectivity index (χ0) is 14.3. The normalized spacial score (nSPS) is 23.3. The van der Waals surface area contributed by atoms with Gasteiger partial charge in [0.1, 0.15) is 0 Å². The molecule has 2 N–H and O–H groups in total. The minimum Gasteiger partial charge on any atom is -0.356 e. The van der Waals surface area contributed by atoms with E-state index in [0.717, 1.165) is 52.1 Å². The molecule has 1 atom stereocenters. The predicted octanol–water partition coefficient (Wildman–Crippen LogP) is 1.47. The van der Waals surface area contributed by atoms with Gasteiger partial charge in [0, 0.05) is 13.1 Å². The second kappa shape index (κ2) is 7.85. The Bertz CT molecular complexity index is 269. The SMILES string of the molecule is CCN(CC)CCCNC(=O)C1(C(C)C)CCNC1. The Kier molecular flexibility index (Phi) is 6.80. The third kappa shape index (κ3) is 4.18. The fourth-order valence-electron chi connectivity index (χ4n) is 2.88. The zero-order valence-electron chi connectivity index (χ0n) is 13.1. The first-order valence-electron chi connectivity index (χ1n) is 7.78. The Labute approximate surface area is 118 Å². The standard InChI is InChI=1S/C15H31N3O/c1-5-18(6-2)11-7-9-17-14(19)15(13(3)4)8-10-16-12-15/h13,16H,5-12H2,1-4H3,(H,17,19). The van der Waals surface area contributed by atoms with Crippen molar-refractivity contribution in [2.75, 3.05) is 39.3 Å². The van der Waals surface area contributed by atoms with Crippen molar-refractivity contribution in [1.29, 1.82) is 0 Å². The third-order valence-corrected chi connectivity index (χ3v) is 4.58. The van der Waals surface area contributed by atoms with Crippen molar-refractivity contribution in [3.8, 4) is 0 Å². The van der Waals surface area contributed by atoms with Gasteiger partial charge in [0.05, 0.1) is 5.41 Å². The Hall–Kier alpha value is -0.610. The molecular formula is C15H31N3O. The molecule has 0 bridgehead atoms. The van der Waals surface area contributed by atoms with E-state index in [1.54, 1.807) is 0 Å². The lowest BCUT2D eigenvalue weighted by Crippen LogP contribution is -2.46. The molecule has 0 radical (unpaired) electrons. The summed E-state index contributed by atoms with van der Waals surface area (Å²) in [5, 5.41) is 6.48. The maximum atomic E-state index is 12.4. The van der Waals surface area contributed by atoms with Crippen molar-refractivity contribution >= 4 is 5.91 Å². The van der Waals surface area contributed by atoms with E-state index in [-0.39, 0.29) is 11.3 Å². The molecule has 1 unspecified atom stereocenters. The summed E-state index contributed by atoms with van der Waals surface area (Å²) in [5.74, 6) is 0.636. The summed E-state index contributed by atoms with van der Waals surface area (Å²) in [5.41, 5.74) is -0.185. The summed E-state index contributed by atoms with van der Waals surface area (Å²) in [4.78, 5) is 14.8. The van der Waals surface area contributed by atoms with Crippen molar-refractivity contribution in [2.24, 2.45) is 11.3 Å². The maximum absolute atomic E-state index is 12.4. The molecule has 0 aliphatic carbocycles. The van der Waals surface area contributed by atoms with Crippen molar-refractivity contribution in [1.82, 2.24) is 15.5 Å². The average molecular weight is 269 g/mol. The summed E-state index contributed by atoms with van der Waals surface area (Å²) in [7, 11) is 0. The van der Waals surface area contributed by atoms with E-state index >= 15 is 0 Å². The van der Waals surface area contributed by atoms with Crippen LogP contribution in [0.5, 0.6) is 0 Å². The lowest BCUT2D eigenvalue weighted by atomic mass is 9.75. The van der Waals surface area contributed by atoms with Gasteiger partial charge in [0.25, 0.3) is 0 Å². The largest absolute Gasteiger partial charge is 0.356 e. The molecule has 1 aliphatic rings. The van der Waals surface area contributed by atoms with Crippen LogP contribution in [-0.4, -0.2) is 50.1 Å². The van der Waals surface area contributed by atoms with Crippen molar-refractivity contribution in [2.45, 2.75) is 40.5 Å². The first-order chi connectivity index (χ1) is 9.06. The highest BCUT2D eigenvalue weighted by molar-refractivity contribution is 5.83. The molecule has 4 heteroatoms. The monoisotopic (exact) mass is 269 g/mol. The highest BCUT2D eigenvalue weighted by atomic mass is 16.2. The number of rotatable bonds is 8. The lowest BCUT2D eigenvalue weighted by Gasteiger charge is -2.31. The molecule has 0 saturated carbocycles. The van der Waals surface area contributed by atoms with Crippen LogP contribution in [0.15, 0.2) is 0 Å². The molecular weight excluding hydrogens is 238 g/mol. The Morgan fingerprint density at radius 1 is 1.37 bits per heavy atom. The molecule has 1 saturated heterocycles. The quantitative estimate of drug-likeness (QED) is 0.656. The van der Waals surface area contributed by atoms with E-state index < -0.39 is 0 Å². The Morgan fingerprint density at radius 2 is 2.05 bits per heavy atom. The number of hydrogen-bond acceptors (Lipinski definition) is 3. The number of nitrogens with zero attached hydrogens (tertiary/aromatic N) is 1. The molecule has 1 heterocycles. The van der Waals surface area contributed by atoms with Crippen molar-refractivity contribution in [3.05, 3.63) is 0 Å². The molecule has 1 amide bonds. The number of hydrogen-bond donors (Lipinski definition) is 2. The lowest BCUT2D eigenvalue weighted by molar-refractivity contribution is -0.132. The maximum Gasteiger partial charge on any atom is 0.227 e. The first kappa shape index (κ1) is 16.4. The van der Waals surface area contributed by atoms with Gasteiger partial charge in [0.15, 0.2) is 0 Å². The highest BCUT2D eigenvalue weighted by Gasteiger charge is 2.43. The van der Waals surface area contributed by atoms with E-state index in [2.05, 4.69) is 43.2 Å². The van der Waals surface area contributed by atoms with E-state index in [0.29, 0.717) is 5.92 Å². The molecule has 0 spiro atoms. The molecule has 19 heavy (non-hydrogen) atoms. The van der Waals surface area contributed by atoms with Gasteiger partial charge in [-0.25, -0.2) is 0 Å². The van der Waals surface area contributed by atoms with Crippen LogP contribution in [0.2, 0.25) is 0 Å². The van der Waals surface area contributed by atoms with Gasteiger partial charge in [-0.1, -0.05) is 27.7 Å². The minimum absolute atomic E-state index is 0.185. The molecule has 4 nitrogen and oxygen atoms in total. The van der Waals surface area contributed by atoms with Gasteiger partial charge in [0.2, 0.25) is 5.91 Å². The van der Waals surface area contributed by atoms with Crippen LogP contribution in [0.3, 0.4) is 0 Å². The summed E-state index contributed by atoms with van der Waals surface area (Å²) in [6.45, 7) is 14.5. The topological polar surface area (TPSA) is 44.4 Å². The second-order valence-corrected chi connectivity index (χ2v) is 5.87. The summed E-state index contributed by atoms with van der Waals surface area (Å²) in [6, 6.07) is 0.